The van der Waals surface area contributed by atoms with E-state index in [1.54, 1.807) is 11.8 Å². The molecule has 4 atom stereocenters. The molecule has 2 fully saturated rings. The predicted molar refractivity (Wildman–Crippen MR) is 83.2 cm³/mol. The summed E-state index contributed by atoms with van der Waals surface area (Å²) >= 11 is 0. The summed E-state index contributed by atoms with van der Waals surface area (Å²) in [5, 5.41) is 14.4. The van der Waals surface area contributed by atoms with Crippen molar-refractivity contribution in [2.45, 2.75) is 63.2 Å². The quantitative estimate of drug-likeness (QED) is 0.471. The van der Waals surface area contributed by atoms with Gasteiger partial charge in [-0.3, -0.25) is 14.4 Å². The zero-order valence-corrected chi connectivity index (χ0v) is 13.5. The monoisotopic (exact) mass is 326 g/mol. The van der Waals surface area contributed by atoms with E-state index in [1.165, 1.54) is 0 Å². The van der Waals surface area contributed by atoms with E-state index in [1.807, 2.05) is 0 Å². The fourth-order valence-electron chi connectivity index (χ4n) is 3.44. The first-order valence-electron chi connectivity index (χ1n) is 8.21. The van der Waals surface area contributed by atoms with Gasteiger partial charge in [0.05, 0.1) is 12.6 Å². The number of nitrogens with one attached hydrogen (secondary N) is 2. The SMILES string of the molecule is C[C@H](NCCO)C(=O)N[C@H]1CCC[C@H]2CC[C@@H](C(N)=O)N2C1=O. The van der Waals surface area contributed by atoms with Crippen LogP contribution in [0.25, 0.3) is 0 Å². The molecule has 2 rings (SSSR count). The fraction of sp³-hybridized carbons (Fsp3) is 0.800. The highest BCUT2D eigenvalue weighted by molar-refractivity contribution is 5.93. The first kappa shape index (κ1) is 17.7. The molecule has 23 heavy (non-hydrogen) atoms. The van der Waals surface area contributed by atoms with Gasteiger partial charge in [-0.15, -0.1) is 0 Å². The van der Waals surface area contributed by atoms with Crippen LogP contribution < -0.4 is 16.4 Å². The minimum Gasteiger partial charge on any atom is -0.395 e. The van der Waals surface area contributed by atoms with Gasteiger partial charge in [0.25, 0.3) is 0 Å². The van der Waals surface area contributed by atoms with E-state index < -0.39 is 24.0 Å². The van der Waals surface area contributed by atoms with E-state index in [9.17, 15) is 14.4 Å². The van der Waals surface area contributed by atoms with Crippen LogP contribution in [0.2, 0.25) is 0 Å². The van der Waals surface area contributed by atoms with E-state index in [-0.39, 0.29) is 24.5 Å². The number of amides is 3. The summed E-state index contributed by atoms with van der Waals surface area (Å²) in [6.07, 6.45) is 3.60. The third-order valence-electron chi connectivity index (χ3n) is 4.69. The van der Waals surface area contributed by atoms with E-state index in [2.05, 4.69) is 10.6 Å². The van der Waals surface area contributed by atoms with Crippen molar-refractivity contribution in [3.8, 4) is 0 Å². The van der Waals surface area contributed by atoms with Crippen LogP contribution in [0.1, 0.15) is 39.0 Å². The van der Waals surface area contributed by atoms with Gasteiger partial charge in [0.1, 0.15) is 12.1 Å². The second-order valence-corrected chi connectivity index (χ2v) is 6.29. The Bertz CT molecular complexity index is 470. The van der Waals surface area contributed by atoms with Gasteiger partial charge in [0.15, 0.2) is 0 Å². The number of rotatable bonds is 6. The van der Waals surface area contributed by atoms with Crippen LogP contribution in [0.15, 0.2) is 0 Å². The average molecular weight is 326 g/mol. The summed E-state index contributed by atoms with van der Waals surface area (Å²) in [7, 11) is 0. The van der Waals surface area contributed by atoms with Gasteiger partial charge in [-0.2, -0.15) is 0 Å². The van der Waals surface area contributed by atoms with E-state index in [0.717, 1.165) is 19.3 Å². The van der Waals surface area contributed by atoms with E-state index >= 15 is 0 Å². The summed E-state index contributed by atoms with van der Waals surface area (Å²) < 4.78 is 0. The lowest BCUT2D eigenvalue weighted by atomic mass is 10.1. The molecule has 0 unspecified atom stereocenters. The zero-order valence-electron chi connectivity index (χ0n) is 13.5. The minimum atomic E-state index is -0.620. The molecule has 2 aliphatic heterocycles. The number of fused-ring (bicyclic) bond motifs is 1. The second-order valence-electron chi connectivity index (χ2n) is 6.29. The van der Waals surface area contributed by atoms with Crippen molar-refractivity contribution in [1.29, 1.82) is 0 Å². The third kappa shape index (κ3) is 4.00. The maximum absolute atomic E-state index is 12.8. The van der Waals surface area contributed by atoms with Crippen LogP contribution in [0.4, 0.5) is 0 Å². The number of carbonyl (C=O) groups excluding carboxylic acids is 3. The summed E-state index contributed by atoms with van der Waals surface area (Å²) in [5.41, 5.74) is 5.41. The predicted octanol–water partition coefficient (Wildman–Crippen LogP) is -1.53. The molecule has 8 nitrogen and oxygen atoms in total. The molecule has 2 aliphatic rings. The molecule has 130 valence electrons. The Morgan fingerprint density at radius 1 is 1.35 bits per heavy atom. The maximum atomic E-state index is 12.8. The molecule has 0 bridgehead atoms. The highest BCUT2D eigenvalue weighted by Gasteiger charge is 2.44. The van der Waals surface area contributed by atoms with Crippen molar-refractivity contribution in [2.75, 3.05) is 13.2 Å². The van der Waals surface area contributed by atoms with Crippen molar-refractivity contribution in [3.05, 3.63) is 0 Å². The molecule has 2 saturated heterocycles. The lowest BCUT2D eigenvalue weighted by Crippen LogP contribution is -2.56. The van der Waals surface area contributed by atoms with Gasteiger partial charge in [-0.05, 0) is 39.0 Å². The normalized spacial score (nSPS) is 28.9. The molecule has 0 spiro atoms. The molecule has 0 saturated carbocycles. The number of nitrogens with two attached hydrogens (primary N) is 1. The first-order valence-corrected chi connectivity index (χ1v) is 8.21. The molecule has 0 radical (unpaired) electrons. The maximum Gasteiger partial charge on any atom is 0.246 e. The lowest BCUT2D eigenvalue weighted by Gasteiger charge is -2.30. The lowest BCUT2D eigenvalue weighted by molar-refractivity contribution is -0.142. The number of hydrogen-bond acceptors (Lipinski definition) is 5. The number of aliphatic hydroxyl groups is 1. The minimum absolute atomic E-state index is 0.0480. The number of hydrogen-bond donors (Lipinski definition) is 4. The second kappa shape index (κ2) is 7.74. The van der Waals surface area contributed by atoms with Crippen molar-refractivity contribution in [2.24, 2.45) is 5.73 Å². The Morgan fingerprint density at radius 2 is 2.09 bits per heavy atom. The zero-order chi connectivity index (χ0) is 17.0. The van der Waals surface area contributed by atoms with Crippen molar-refractivity contribution >= 4 is 17.7 Å². The van der Waals surface area contributed by atoms with Crippen LogP contribution in [-0.4, -0.2) is 65.0 Å². The third-order valence-corrected chi connectivity index (χ3v) is 4.69. The molecular weight excluding hydrogens is 300 g/mol. The molecule has 0 aromatic carbocycles. The summed E-state index contributed by atoms with van der Waals surface area (Å²) in [4.78, 5) is 38.1. The standard InChI is InChI=1S/C15H26N4O4/c1-9(17-7-8-20)14(22)18-11-4-2-3-10-5-6-12(13(16)21)19(10)15(11)23/h9-12,17,20H,2-8H2,1H3,(H2,16,21)(H,18,22)/t9-,10-,11-,12-/m0/s1. The Morgan fingerprint density at radius 3 is 2.74 bits per heavy atom. The first-order chi connectivity index (χ1) is 11.0. The number of primary amides is 1. The largest absolute Gasteiger partial charge is 0.395 e. The summed E-state index contributed by atoms with van der Waals surface area (Å²) in [5.74, 6) is -0.979. The molecular formula is C15H26N4O4. The highest BCUT2D eigenvalue weighted by Crippen LogP contribution is 2.31. The molecule has 8 heteroatoms. The molecule has 0 aromatic rings. The summed E-state index contributed by atoms with van der Waals surface area (Å²) in [6, 6.07) is -1.63. The topological polar surface area (TPSA) is 125 Å². The Balaban J connectivity index is 2.03. The van der Waals surface area contributed by atoms with Crippen molar-refractivity contribution in [1.82, 2.24) is 15.5 Å². The van der Waals surface area contributed by atoms with Gasteiger partial charge in [0, 0.05) is 12.6 Å². The van der Waals surface area contributed by atoms with Crippen LogP contribution in [0.3, 0.4) is 0 Å². The molecule has 2 heterocycles. The van der Waals surface area contributed by atoms with Gasteiger partial charge >= 0.3 is 0 Å². The molecule has 0 aliphatic carbocycles. The highest BCUT2D eigenvalue weighted by atomic mass is 16.3. The van der Waals surface area contributed by atoms with Crippen LogP contribution >= 0.6 is 0 Å². The Kier molecular flexibility index (Phi) is 5.95. The van der Waals surface area contributed by atoms with Crippen molar-refractivity contribution < 1.29 is 19.5 Å². The molecule has 3 amide bonds. The van der Waals surface area contributed by atoms with E-state index in [0.29, 0.717) is 19.4 Å². The number of carbonyl (C=O) groups is 3. The molecule has 0 aromatic heterocycles. The fourth-order valence-corrected chi connectivity index (χ4v) is 3.44. The van der Waals surface area contributed by atoms with Gasteiger partial charge < -0.3 is 26.4 Å². The van der Waals surface area contributed by atoms with Gasteiger partial charge in [0.2, 0.25) is 17.7 Å². The van der Waals surface area contributed by atoms with Gasteiger partial charge in [-0.1, -0.05) is 0 Å². The Labute approximate surface area is 135 Å². The molecule has 5 N–H and O–H groups in total. The van der Waals surface area contributed by atoms with Gasteiger partial charge in [-0.25, -0.2) is 0 Å². The average Bonchev–Trinajstić information content (AvgIpc) is 2.88. The number of nitrogens with zero attached hydrogens (tertiary/aromatic N) is 1. The van der Waals surface area contributed by atoms with Crippen LogP contribution in [-0.2, 0) is 14.4 Å². The summed E-state index contributed by atoms with van der Waals surface area (Å²) in [6.45, 7) is 1.93. The van der Waals surface area contributed by atoms with E-state index in [4.69, 9.17) is 10.8 Å². The van der Waals surface area contributed by atoms with Crippen LogP contribution in [0, 0.1) is 0 Å². The van der Waals surface area contributed by atoms with Crippen molar-refractivity contribution in [3.63, 3.8) is 0 Å². The number of aliphatic hydroxyl groups excluding tert-OH is 1. The van der Waals surface area contributed by atoms with Crippen LogP contribution in [0.5, 0.6) is 0 Å². The smallest absolute Gasteiger partial charge is 0.246 e. The Hall–Kier alpha value is -1.67.